The van der Waals surface area contributed by atoms with E-state index in [-0.39, 0.29) is 17.1 Å². The molecule has 1 N–H and O–H groups in total. The van der Waals surface area contributed by atoms with Gasteiger partial charge in [-0.3, -0.25) is 19.3 Å². The number of carbonyl (C=O) groups is 3. The van der Waals surface area contributed by atoms with Gasteiger partial charge >= 0.3 is 0 Å². The number of aliphatic hydroxyl groups excluding tert-OH is 1. The summed E-state index contributed by atoms with van der Waals surface area (Å²) in [5, 5.41) is 11.5. The fourth-order valence-electron chi connectivity index (χ4n) is 3.67. The summed E-state index contributed by atoms with van der Waals surface area (Å²) in [4.78, 5) is 39.1. The van der Waals surface area contributed by atoms with Gasteiger partial charge < -0.3 is 5.11 Å². The zero-order valence-corrected chi connectivity index (χ0v) is 17.3. The molecule has 0 radical (unpaired) electrons. The Morgan fingerprint density at radius 2 is 1.48 bits per heavy atom. The Bertz CT molecular complexity index is 1200. The number of nitrogens with zero attached hydrogens (tertiary/aromatic N) is 1. The maximum Gasteiger partial charge on any atom is 0.300 e. The highest BCUT2D eigenvalue weighted by molar-refractivity contribution is 6.51. The number of aliphatic hydroxyl groups is 1. The minimum Gasteiger partial charge on any atom is -0.507 e. The van der Waals surface area contributed by atoms with Gasteiger partial charge in [-0.25, -0.2) is 0 Å². The molecule has 0 bridgehead atoms. The minimum atomic E-state index is -0.847. The Kier molecular flexibility index (Phi) is 5.44. The second-order valence-corrected chi connectivity index (χ2v) is 7.63. The smallest absolute Gasteiger partial charge is 0.300 e. The van der Waals surface area contributed by atoms with Crippen molar-refractivity contribution in [3.63, 3.8) is 0 Å². The lowest BCUT2D eigenvalue weighted by Crippen LogP contribution is -2.29. The Labute approximate surface area is 184 Å². The van der Waals surface area contributed by atoms with E-state index >= 15 is 0 Å². The van der Waals surface area contributed by atoms with E-state index in [1.807, 2.05) is 0 Å². The van der Waals surface area contributed by atoms with Gasteiger partial charge in [0.15, 0.2) is 5.78 Å². The Balaban J connectivity index is 1.91. The molecule has 154 valence electrons. The van der Waals surface area contributed by atoms with E-state index in [0.29, 0.717) is 27.4 Å². The van der Waals surface area contributed by atoms with Crippen molar-refractivity contribution >= 4 is 40.5 Å². The highest BCUT2D eigenvalue weighted by Crippen LogP contribution is 2.42. The van der Waals surface area contributed by atoms with Crippen molar-refractivity contribution in [2.24, 2.45) is 0 Å². The minimum absolute atomic E-state index is 0.00540. The number of anilines is 1. The Hall–Kier alpha value is -3.70. The van der Waals surface area contributed by atoms with Crippen LogP contribution in [0.1, 0.15) is 34.5 Å². The normalized spacial score (nSPS) is 17.7. The molecular weight excluding hydrogens is 414 g/mol. The third-order valence-corrected chi connectivity index (χ3v) is 5.48. The molecule has 1 aliphatic heterocycles. The molecule has 5 nitrogen and oxygen atoms in total. The first-order valence-electron chi connectivity index (χ1n) is 9.61. The van der Waals surface area contributed by atoms with Gasteiger partial charge in [0.25, 0.3) is 11.7 Å². The monoisotopic (exact) mass is 431 g/mol. The average Bonchev–Trinajstić information content (AvgIpc) is 3.05. The quantitative estimate of drug-likeness (QED) is 0.267. The zero-order chi connectivity index (χ0) is 22.1. The number of halogens is 1. The summed E-state index contributed by atoms with van der Waals surface area (Å²) in [5.41, 5.74) is 1.99. The van der Waals surface area contributed by atoms with Crippen molar-refractivity contribution in [1.29, 1.82) is 0 Å². The van der Waals surface area contributed by atoms with Crippen LogP contribution in [0.4, 0.5) is 5.69 Å². The summed E-state index contributed by atoms with van der Waals surface area (Å²) >= 11 is 6.03. The topological polar surface area (TPSA) is 74.7 Å². The van der Waals surface area contributed by atoms with Gasteiger partial charge in [-0.05, 0) is 48.9 Å². The molecule has 1 amide bonds. The van der Waals surface area contributed by atoms with E-state index in [0.717, 1.165) is 0 Å². The van der Waals surface area contributed by atoms with Crippen LogP contribution in [0.3, 0.4) is 0 Å². The molecule has 3 aromatic rings. The van der Waals surface area contributed by atoms with Crippen LogP contribution in [-0.4, -0.2) is 22.6 Å². The first kappa shape index (κ1) is 20.6. The van der Waals surface area contributed by atoms with Crippen molar-refractivity contribution in [3.8, 4) is 0 Å². The van der Waals surface area contributed by atoms with Gasteiger partial charge in [-0.15, -0.1) is 0 Å². The van der Waals surface area contributed by atoms with Gasteiger partial charge in [0.2, 0.25) is 0 Å². The molecule has 4 rings (SSSR count). The summed E-state index contributed by atoms with van der Waals surface area (Å²) in [6.45, 7) is 1.45. The van der Waals surface area contributed by atoms with E-state index in [2.05, 4.69) is 0 Å². The predicted octanol–water partition coefficient (Wildman–Crippen LogP) is 5.17. The molecular formula is C25H18ClNO4. The summed E-state index contributed by atoms with van der Waals surface area (Å²) in [6.07, 6.45) is 0. The van der Waals surface area contributed by atoms with Crippen molar-refractivity contribution in [2.75, 3.05) is 4.90 Å². The number of carbonyl (C=O) groups excluding carboxylic acids is 3. The Morgan fingerprint density at radius 1 is 0.871 bits per heavy atom. The fourth-order valence-corrected chi connectivity index (χ4v) is 3.79. The number of benzene rings is 3. The van der Waals surface area contributed by atoms with Gasteiger partial charge in [-0.2, -0.15) is 0 Å². The summed E-state index contributed by atoms with van der Waals surface area (Å²) < 4.78 is 0. The molecule has 1 atom stereocenters. The Morgan fingerprint density at radius 3 is 2.06 bits per heavy atom. The third-order valence-electron chi connectivity index (χ3n) is 5.23. The lowest BCUT2D eigenvalue weighted by atomic mass is 9.95. The molecule has 1 aliphatic rings. The average molecular weight is 432 g/mol. The highest BCUT2D eigenvalue weighted by Gasteiger charge is 2.46. The van der Waals surface area contributed by atoms with E-state index < -0.39 is 17.7 Å². The standard InChI is InChI=1S/C25H18ClNO4/c1-15(28)16-9-13-20(14-10-16)27-22(17-7-11-19(26)12-8-17)21(24(30)25(27)31)23(29)18-5-3-2-4-6-18/h2-14,22,29H,1H3/b23-21+. The number of ketones is 2. The SMILES string of the molecule is CC(=O)c1ccc(N2C(=O)C(=O)/C(=C(/O)c3ccccc3)C2c2ccc(Cl)cc2)cc1. The van der Waals surface area contributed by atoms with Gasteiger partial charge in [0.1, 0.15) is 5.76 Å². The third kappa shape index (κ3) is 3.76. The maximum atomic E-state index is 13.1. The summed E-state index contributed by atoms with van der Waals surface area (Å²) in [7, 11) is 0. The largest absolute Gasteiger partial charge is 0.507 e. The molecule has 0 spiro atoms. The van der Waals surface area contributed by atoms with E-state index in [1.165, 1.54) is 11.8 Å². The first-order chi connectivity index (χ1) is 14.9. The molecule has 0 saturated carbocycles. The number of hydrogen-bond donors (Lipinski definition) is 1. The van der Waals surface area contributed by atoms with Gasteiger partial charge in [0, 0.05) is 21.8 Å². The fraction of sp³-hybridized carbons (Fsp3) is 0.0800. The molecule has 1 fully saturated rings. The van der Waals surface area contributed by atoms with Gasteiger partial charge in [0.05, 0.1) is 11.6 Å². The molecule has 1 heterocycles. The van der Waals surface area contributed by atoms with Crippen LogP contribution in [0.5, 0.6) is 0 Å². The number of rotatable bonds is 4. The molecule has 6 heteroatoms. The highest BCUT2D eigenvalue weighted by atomic mass is 35.5. The number of amides is 1. The molecule has 1 unspecified atom stereocenters. The lowest BCUT2D eigenvalue weighted by molar-refractivity contribution is -0.132. The zero-order valence-electron chi connectivity index (χ0n) is 16.6. The lowest BCUT2D eigenvalue weighted by Gasteiger charge is -2.25. The van der Waals surface area contributed by atoms with E-state index in [4.69, 9.17) is 11.6 Å². The second kappa shape index (κ2) is 8.20. The summed E-state index contributed by atoms with van der Waals surface area (Å²) in [5.74, 6) is -1.89. The summed E-state index contributed by atoms with van der Waals surface area (Å²) in [6, 6.07) is 21.0. The van der Waals surface area contributed by atoms with Crippen LogP contribution >= 0.6 is 11.6 Å². The van der Waals surface area contributed by atoms with Crippen molar-refractivity contribution in [3.05, 3.63) is 106 Å². The van der Waals surface area contributed by atoms with Crippen LogP contribution in [0.15, 0.2) is 84.4 Å². The molecule has 31 heavy (non-hydrogen) atoms. The predicted molar refractivity (Wildman–Crippen MR) is 119 cm³/mol. The van der Waals surface area contributed by atoms with Crippen molar-refractivity contribution in [1.82, 2.24) is 0 Å². The van der Waals surface area contributed by atoms with Gasteiger partial charge in [-0.1, -0.05) is 54.1 Å². The van der Waals surface area contributed by atoms with Crippen LogP contribution in [0, 0.1) is 0 Å². The van der Waals surface area contributed by atoms with Crippen LogP contribution in [-0.2, 0) is 9.59 Å². The van der Waals surface area contributed by atoms with Crippen LogP contribution in [0.2, 0.25) is 5.02 Å². The van der Waals surface area contributed by atoms with E-state index in [9.17, 15) is 19.5 Å². The number of hydrogen-bond acceptors (Lipinski definition) is 4. The maximum absolute atomic E-state index is 13.1. The van der Waals surface area contributed by atoms with E-state index in [1.54, 1.807) is 78.9 Å². The van der Waals surface area contributed by atoms with Crippen molar-refractivity contribution < 1.29 is 19.5 Å². The number of Topliss-reactive ketones (excluding diaryl/α,β-unsaturated/α-hetero) is 2. The van der Waals surface area contributed by atoms with Crippen molar-refractivity contribution in [2.45, 2.75) is 13.0 Å². The molecule has 3 aromatic carbocycles. The molecule has 1 saturated heterocycles. The molecule has 0 aromatic heterocycles. The second-order valence-electron chi connectivity index (χ2n) is 7.19. The molecule has 0 aliphatic carbocycles. The first-order valence-corrected chi connectivity index (χ1v) is 9.99. The van der Waals surface area contributed by atoms with Crippen LogP contribution < -0.4 is 4.90 Å². The van der Waals surface area contributed by atoms with Crippen LogP contribution in [0.25, 0.3) is 5.76 Å².